The van der Waals surface area contributed by atoms with Crippen LogP contribution < -0.4 is 4.74 Å². The lowest BCUT2D eigenvalue weighted by Gasteiger charge is -2.10. The number of benzene rings is 3. The predicted molar refractivity (Wildman–Crippen MR) is 96.5 cm³/mol. The zero-order valence-electron chi connectivity index (χ0n) is 13.9. The molecule has 134 valence electrons. The summed E-state index contributed by atoms with van der Waals surface area (Å²) < 4.78 is 44.0. The van der Waals surface area contributed by atoms with Gasteiger partial charge < -0.3 is 4.74 Å². The van der Waals surface area contributed by atoms with E-state index in [0.29, 0.717) is 22.9 Å². The van der Waals surface area contributed by atoms with Gasteiger partial charge in [-0.3, -0.25) is 0 Å². The van der Waals surface area contributed by atoms with Gasteiger partial charge in [0.1, 0.15) is 12.1 Å². The maximum Gasteiger partial charge on any atom is 0.416 e. The normalized spacial score (nSPS) is 11.5. The number of hydrogen-bond donors (Lipinski definition) is 0. The van der Waals surface area contributed by atoms with E-state index in [0.717, 1.165) is 22.9 Å². The van der Waals surface area contributed by atoms with Gasteiger partial charge >= 0.3 is 6.18 Å². The lowest BCUT2D eigenvalue weighted by molar-refractivity contribution is -0.137. The summed E-state index contributed by atoms with van der Waals surface area (Å²) in [4.78, 5) is 8.24. The number of alkyl halides is 3. The second-order valence-corrected chi connectivity index (χ2v) is 5.90. The molecule has 0 saturated heterocycles. The average molecular weight is 366 g/mol. The predicted octanol–water partition coefficient (Wildman–Crippen LogP) is 6.11. The fraction of sp³-hybridized carbons (Fsp3) is 0.0476. The Bertz CT molecular complexity index is 1090. The van der Waals surface area contributed by atoms with Crippen molar-refractivity contribution >= 4 is 10.8 Å². The summed E-state index contributed by atoms with van der Waals surface area (Å²) in [6.45, 7) is 0. The molecular weight excluding hydrogens is 353 g/mol. The van der Waals surface area contributed by atoms with E-state index in [2.05, 4.69) is 9.97 Å². The molecule has 0 amide bonds. The summed E-state index contributed by atoms with van der Waals surface area (Å²) in [6.07, 6.45) is -3.04. The number of aromatic nitrogens is 2. The maximum absolute atomic E-state index is 12.7. The molecular formula is C21H13F3N2O. The number of halogens is 3. The number of ether oxygens (including phenoxy) is 1. The number of fused-ring (bicyclic) bond motifs is 1. The summed E-state index contributed by atoms with van der Waals surface area (Å²) in [5, 5.41) is 1.97. The van der Waals surface area contributed by atoms with E-state index < -0.39 is 11.7 Å². The standard InChI is InChI=1S/C21H13F3N2O/c22-21(23,24)16-10-8-15(9-11-16)18-12-20(26-13-25-18)27-19-7-3-5-14-4-1-2-6-17(14)19/h1-13H. The van der Waals surface area contributed by atoms with Crippen molar-refractivity contribution in [2.24, 2.45) is 0 Å². The molecule has 4 aromatic rings. The molecule has 1 heterocycles. The second-order valence-electron chi connectivity index (χ2n) is 5.90. The van der Waals surface area contributed by atoms with Crippen molar-refractivity contribution < 1.29 is 17.9 Å². The highest BCUT2D eigenvalue weighted by Crippen LogP contribution is 2.32. The Hall–Kier alpha value is -3.41. The third-order valence-electron chi connectivity index (χ3n) is 4.11. The Balaban J connectivity index is 1.65. The van der Waals surface area contributed by atoms with Crippen LogP contribution in [0.15, 0.2) is 79.1 Å². The van der Waals surface area contributed by atoms with Crippen LogP contribution in [0, 0.1) is 0 Å². The molecule has 0 fully saturated rings. The minimum absolute atomic E-state index is 0.316. The molecule has 27 heavy (non-hydrogen) atoms. The number of nitrogens with zero attached hydrogens (tertiary/aromatic N) is 2. The van der Waals surface area contributed by atoms with Gasteiger partial charge in [-0.1, -0.05) is 48.5 Å². The van der Waals surface area contributed by atoms with E-state index in [4.69, 9.17) is 4.74 Å². The summed E-state index contributed by atoms with van der Waals surface area (Å²) in [6, 6.07) is 19.9. The van der Waals surface area contributed by atoms with Crippen molar-refractivity contribution in [1.29, 1.82) is 0 Å². The Labute approximate surface area is 153 Å². The Kier molecular flexibility index (Phi) is 4.24. The van der Waals surface area contributed by atoms with Gasteiger partial charge in [-0.25, -0.2) is 9.97 Å². The van der Waals surface area contributed by atoms with Gasteiger partial charge in [-0.15, -0.1) is 0 Å². The summed E-state index contributed by atoms with van der Waals surface area (Å²) in [5.74, 6) is 0.960. The molecule has 0 aliphatic heterocycles. The molecule has 0 unspecified atom stereocenters. The molecule has 0 aliphatic carbocycles. The molecule has 1 aromatic heterocycles. The third kappa shape index (κ3) is 3.60. The Morgan fingerprint density at radius 3 is 2.30 bits per heavy atom. The molecule has 0 saturated carbocycles. The molecule has 0 bridgehead atoms. The van der Waals surface area contributed by atoms with Gasteiger partial charge in [0, 0.05) is 17.0 Å². The van der Waals surface area contributed by atoms with Crippen LogP contribution in [0.2, 0.25) is 0 Å². The summed E-state index contributed by atoms with van der Waals surface area (Å²) in [5.41, 5.74) is 0.328. The molecule has 3 nitrogen and oxygen atoms in total. The van der Waals surface area contributed by atoms with Crippen LogP contribution in [0.3, 0.4) is 0 Å². The molecule has 4 rings (SSSR count). The van der Waals surface area contributed by atoms with Crippen molar-refractivity contribution in [2.45, 2.75) is 6.18 Å². The van der Waals surface area contributed by atoms with Crippen LogP contribution in [-0.4, -0.2) is 9.97 Å². The van der Waals surface area contributed by atoms with Crippen LogP contribution in [0.25, 0.3) is 22.0 Å². The quantitative estimate of drug-likeness (QED) is 0.439. The van der Waals surface area contributed by atoms with Crippen molar-refractivity contribution in [1.82, 2.24) is 9.97 Å². The Morgan fingerprint density at radius 1 is 0.778 bits per heavy atom. The summed E-state index contributed by atoms with van der Waals surface area (Å²) >= 11 is 0. The highest BCUT2D eigenvalue weighted by Gasteiger charge is 2.30. The molecule has 0 N–H and O–H groups in total. The zero-order valence-corrected chi connectivity index (χ0v) is 13.9. The van der Waals surface area contributed by atoms with Crippen molar-refractivity contribution in [3.63, 3.8) is 0 Å². The second kappa shape index (κ2) is 6.72. The van der Waals surface area contributed by atoms with Crippen LogP contribution in [0.1, 0.15) is 5.56 Å². The molecule has 0 aliphatic rings. The van der Waals surface area contributed by atoms with Gasteiger partial charge in [-0.05, 0) is 23.6 Å². The van der Waals surface area contributed by atoms with Crippen molar-refractivity contribution in [3.05, 3.63) is 84.7 Å². The van der Waals surface area contributed by atoms with E-state index in [1.54, 1.807) is 6.07 Å². The zero-order chi connectivity index (χ0) is 18.9. The van der Waals surface area contributed by atoms with Crippen molar-refractivity contribution in [2.75, 3.05) is 0 Å². The molecule has 6 heteroatoms. The monoisotopic (exact) mass is 366 g/mol. The molecule has 0 spiro atoms. The van der Waals surface area contributed by atoms with Crippen molar-refractivity contribution in [3.8, 4) is 22.9 Å². The highest BCUT2D eigenvalue weighted by atomic mass is 19.4. The van der Waals surface area contributed by atoms with Gasteiger partial charge in [0.2, 0.25) is 5.88 Å². The van der Waals surface area contributed by atoms with Gasteiger partial charge in [0.05, 0.1) is 11.3 Å². The fourth-order valence-electron chi connectivity index (χ4n) is 2.78. The smallest absolute Gasteiger partial charge is 0.416 e. The molecule has 3 aromatic carbocycles. The Morgan fingerprint density at radius 2 is 1.52 bits per heavy atom. The minimum Gasteiger partial charge on any atom is -0.438 e. The van der Waals surface area contributed by atoms with Crippen LogP contribution in [-0.2, 0) is 6.18 Å². The first-order valence-electron chi connectivity index (χ1n) is 8.16. The highest BCUT2D eigenvalue weighted by molar-refractivity contribution is 5.88. The SMILES string of the molecule is FC(F)(F)c1ccc(-c2cc(Oc3cccc4ccccc34)ncn2)cc1. The minimum atomic E-state index is -4.37. The van der Waals surface area contributed by atoms with Crippen LogP contribution >= 0.6 is 0 Å². The van der Waals surface area contributed by atoms with Gasteiger partial charge in [0.15, 0.2) is 0 Å². The van der Waals surface area contributed by atoms with E-state index in [9.17, 15) is 13.2 Å². The lowest BCUT2D eigenvalue weighted by Crippen LogP contribution is -2.04. The molecule has 0 atom stereocenters. The topological polar surface area (TPSA) is 35.0 Å². The van der Waals surface area contributed by atoms with Gasteiger partial charge in [-0.2, -0.15) is 13.2 Å². The van der Waals surface area contributed by atoms with E-state index >= 15 is 0 Å². The maximum atomic E-state index is 12.7. The largest absolute Gasteiger partial charge is 0.438 e. The van der Waals surface area contributed by atoms with E-state index in [-0.39, 0.29) is 0 Å². The average Bonchev–Trinajstić information content (AvgIpc) is 2.68. The lowest BCUT2D eigenvalue weighted by atomic mass is 10.1. The fourth-order valence-corrected chi connectivity index (χ4v) is 2.78. The first kappa shape index (κ1) is 17.0. The first-order chi connectivity index (χ1) is 13.0. The number of rotatable bonds is 3. The molecule has 0 radical (unpaired) electrons. The number of hydrogen-bond acceptors (Lipinski definition) is 3. The van der Waals surface area contributed by atoms with E-state index in [1.807, 2.05) is 42.5 Å². The summed E-state index contributed by atoms with van der Waals surface area (Å²) in [7, 11) is 0. The van der Waals surface area contributed by atoms with E-state index in [1.165, 1.54) is 18.5 Å². The van der Waals surface area contributed by atoms with Crippen LogP contribution in [0.5, 0.6) is 11.6 Å². The third-order valence-corrected chi connectivity index (χ3v) is 4.11. The van der Waals surface area contributed by atoms with Gasteiger partial charge in [0.25, 0.3) is 0 Å². The van der Waals surface area contributed by atoms with Crippen LogP contribution in [0.4, 0.5) is 13.2 Å². The first-order valence-corrected chi connectivity index (χ1v) is 8.16.